The van der Waals surface area contributed by atoms with Gasteiger partial charge in [0.25, 0.3) is 5.56 Å². The minimum atomic E-state index is -0.769. The van der Waals surface area contributed by atoms with Crippen LogP contribution in [0.2, 0.25) is 0 Å². The highest BCUT2D eigenvalue weighted by molar-refractivity contribution is 5.95. The van der Waals surface area contributed by atoms with Gasteiger partial charge in [0.15, 0.2) is 0 Å². The van der Waals surface area contributed by atoms with Crippen LogP contribution in [0.3, 0.4) is 0 Å². The molecule has 0 saturated heterocycles. The summed E-state index contributed by atoms with van der Waals surface area (Å²) in [4.78, 5) is 36.9. The first kappa shape index (κ1) is 17.5. The standard InChI is InChI=1S/C18H19NO5/c1-5-24-18(22)15-10-14(17(21)23-4)12(3)19(16(15)20)13-8-6-7-11(2)9-13/h6-10H,5H2,1-4H3. The first-order chi connectivity index (χ1) is 11.4. The van der Waals surface area contributed by atoms with E-state index in [0.29, 0.717) is 11.4 Å². The Hall–Kier alpha value is -2.89. The fourth-order valence-electron chi connectivity index (χ4n) is 2.45. The van der Waals surface area contributed by atoms with Crippen molar-refractivity contribution in [2.75, 3.05) is 13.7 Å². The van der Waals surface area contributed by atoms with Crippen molar-refractivity contribution < 1.29 is 19.1 Å². The summed E-state index contributed by atoms with van der Waals surface area (Å²) in [5.74, 6) is -1.39. The average Bonchev–Trinajstić information content (AvgIpc) is 2.54. The van der Waals surface area contributed by atoms with Crippen LogP contribution < -0.4 is 5.56 Å². The third-order valence-corrected chi connectivity index (χ3v) is 3.61. The van der Waals surface area contributed by atoms with Crippen LogP contribution in [0, 0.1) is 13.8 Å². The normalized spacial score (nSPS) is 10.3. The van der Waals surface area contributed by atoms with Crippen LogP contribution in [0.4, 0.5) is 0 Å². The Balaban J connectivity index is 2.81. The molecule has 0 aliphatic heterocycles. The summed E-state index contributed by atoms with van der Waals surface area (Å²) in [7, 11) is 1.24. The zero-order chi connectivity index (χ0) is 17.9. The van der Waals surface area contributed by atoms with Crippen molar-refractivity contribution in [3.8, 4) is 5.69 Å². The minimum Gasteiger partial charge on any atom is -0.465 e. The Morgan fingerprint density at radius 1 is 1.08 bits per heavy atom. The molecule has 6 heteroatoms. The van der Waals surface area contributed by atoms with Crippen LogP contribution in [0.15, 0.2) is 35.1 Å². The highest BCUT2D eigenvalue weighted by atomic mass is 16.5. The fraction of sp³-hybridized carbons (Fsp3) is 0.278. The molecule has 24 heavy (non-hydrogen) atoms. The van der Waals surface area contributed by atoms with E-state index in [1.807, 2.05) is 13.0 Å². The van der Waals surface area contributed by atoms with Crippen molar-refractivity contribution in [2.24, 2.45) is 0 Å². The van der Waals surface area contributed by atoms with Crippen molar-refractivity contribution in [3.63, 3.8) is 0 Å². The second-order valence-corrected chi connectivity index (χ2v) is 5.25. The Bertz CT molecular complexity index is 851. The van der Waals surface area contributed by atoms with Gasteiger partial charge in [0, 0.05) is 11.4 Å². The molecule has 1 aromatic carbocycles. The lowest BCUT2D eigenvalue weighted by molar-refractivity contribution is 0.0523. The zero-order valence-corrected chi connectivity index (χ0v) is 14.1. The summed E-state index contributed by atoms with van der Waals surface area (Å²) in [6.45, 7) is 5.29. The van der Waals surface area contributed by atoms with E-state index in [2.05, 4.69) is 0 Å². The third kappa shape index (κ3) is 3.22. The van der Waals surface area contributed by atoms with Gasteiger partial charge in [0.2, 0.25) is 0 Å². The summed E-state index contributed by atoms with van der Waals surface area (Å²) in [5.41, 5.74) is 1.30. The molecule has 0 saturated carbocycles. The first-order valence-corrected chi connectivity index (χ1v) is 7.49. The van der Waals surface area contributed by atoms with Gasteiger partial charge in [-0.1, -0.05) is 12.1 Å². The van der Waals surface area contributed by atoms with E-state index in [4.69, 9.17) is 9.47 Å². The van der Waals surface area contributed by atoms with E-state index < -0.39 is 17.5 Å². The molecule has 0 amide bonds. The van der Waals surface area contributed by atoms with Crippen molar-refractivity contribution in [1.29, 1.82) is 0 Å². The average molecular weight is 329 g/mol. The lowest BCUT2D eigenvalue weighted by Gasteiger charge is -2.15. The van der Waals surface area contributed by atoms with Gasteiger partial charge in [-0.2, -0.15) is 0 Å². The van der Waals surface area contributed by atoms with Gasteiger partial charge >= 0.3 is 11.9 Å². The van der Waals surface area contributed by atoms with Crippen molar-refractivity contribution in [2.45, 2.75) is 20.8 Å². The van der Waals surface area contributed by atoms with E-state index in [1.165, 1.54) is 17.7 Å². The molecule has 0 atom stereocenters. The number of methoxy groups -OCH3 is 1. The summed E-state index contributed by atoms with van der Waals surface area (Å²) in [5, 5.41) is 0. The molecule has 2 rings (SSSR count). The molecule has 0 radical (unpaired) electrons. The van der Waals surface area contributed by atoms with Crippen LogP contribution in [0.25, 0.3) is 5.69 Å². The number of hydrogen-bond acceptors (Lipinski definition) is 5. The van der Waals surface area contributed by atoms with Crippen molar-refractivity contribution in [1.82, 2.24) is 4.57 Å². The Morgan fingerprint density at radius 2 is 1.79 bits per heavy atom. The lowest BCUT2D eigenvalue weighted by Crippen LogP contribution is -2.30. The van der Waals surface area contributed by atoms with Crippen molar-refractivity contribution >= 4 is 11.9 Å². The number of aromatic nitrogens is 1. The van der Waals surface area contributed by atoms with Gasteiger partial charge < -0.3 is 9.47 Å². The lowest BCUT2D eigenvalue weighted by atomic mass is 10.1. The Labute approximate surface area is 139 Å². The molecule has 0 aliphatic rings. The van der Waals surface area contributed by atoms with Crippen molar-refractivity contribution in [3.05, 3.63) is 63.1 Å². The van der Waals surface area contributed by atoms with Gasteiger partial charge in [-0.05, 0) is 44.5 Å². The topological polar surface area (TPSA) is 74.6 Å². The number of carbonyl (C=O) groups excluding carboxylic acids is 2. The zero-order valence-electron chi connectivity index (χ0n) is 14.1. The van der Waals surface area contributed by atoms with Crippen LogP contribution in [0.1, 0.15) is 38.9 Å². The van der Waals surface area contributed by atoms with Crippen LogP contribution in [-0.4, -0.2) is 30.2 Å². The maximum Gasteiger partial charge on any atom is 0.343 e. The molecule has 1 aromatic heterocycles. The minimum absolute atomic E-state index is 0.129. The summed E-state index contributed by atoms with van der Waals surface area (Å²) >= 11 is 0. The maximum atomic E-state index is 12.8. The summed E-state index contributed by atoms with van der Waals surface area (Å²) in [6, 6.07) is 8.45. The molecule has 6 nitrogen and oxygen atoms in total. The Morgan fingerprint density at radius 3 is 2.38 bits per heavy atom. The van der Waals surface area contributed by atoms with Crippen LogP contribution in [0.5, 0.6) is 0 Å². The number of carbonyl (C=O) groups is 2. The smallest absolute Gasteiger partial charge is 0.343 e. The number of aryl methyl sites for hydroxylation is 1. The fourth-order valence-corrected chi connectivity index (χ4v) is 2.45. The third-order valence-electron chi connectivity index (χ3n) is 3.61. The largest absolute Gasteiger partial charge is 0.465 e. The quantitative estimate of drug-likeness (QED) is 0.805. The van der Waals surface area contributed by atoms with Gasteiger partial charge in [-0.3, -0.25) is 9.36 Å². The van der Waals surface area contributed by atoms with E-state index in [-0.39, 0.29) is 17.7 Å². The molecule has 0 N–H and O–H groups in total. The second kappa shape index (κ2) is 7.12. The number of hydrogen-bond donors (Lipinski definition) is 0. The highest BCUT2D eigenvalue weighted by Gasteiger charge is 2.22. The number of pyridine rings is 1. The Kier molecular flexibility index (Phi) is 5.18. The van der Waals surface area contributed by atoms with Gasteiger partial charge in [0.05, 0.1) is 19.3 Å². The highest BCUT2D eigenvalue weighted by Crippen LogP contribution is 2.16. The van der Waals surface area contributed by atoms with Crippen LogP contribution >= 0.6 is 0 Å². The molecular formula is C18H19NO5. The molecule has 0 unspecified atom stereocenters. The van der Waals surface area contributed by atoms with E-state index >= 15 is 0 Å². The monoisotopic (exact) mass is 329 g/mol. The SMILES string of the molecule is CCOC(=O)c1cc(C(=O)OC)c(C)n(-c2cccc(C)c2)c1=O. The molecule has 2 aromatic rings. The molecule has 0 spiro atoms. The molecular weight excluding hydrogens is 310 g/mol. The predicted octanol–water partition coefficient (Wildman–Crippen LogP) is 2.42. The number of benzene rings is 1. The van der Waals surface area contributed by atoms with Crippen LogP contribution in [-0.2, 0) is 9.47 Å². The second-order valence-electron chi connectivity index (χ2n) is 5.25. The molecule has 1 heterocycles. The predicted molar refractivity (Wildman–Crippen MR) is 88.8 cm³/mol. The van der Waals surface area contributed by atoms with E-state index in [9.17, 15) is 14.4 Å². The number of rotatable bonds is 4. The molecule has 126 valence electrons. The van der Waals surface area contributed by atoms with Gasteiger partial charge in [-0.15, -0.1) is 0 Å². The molecule has 0 aliphatic carbocycles. The first-order valence-electron chi connectivity index (χ1n) is 7.49. The number of esters is 2. The van der Waals surface area contributed by atoms with Gasteiger partial charge in [-0.25, -0.2) is 9.59 Å². The summed E-state index contributed by atoms with van der Waals surface area (Å²) in [6.07, 6.45) is 0. The molecule has 0 bridgehead atoms. The van der Waals surface area contributed by atoms with E-state index in [1.54, 1.807) is 32.0 Å². The number of ether oxygens (including phenoxy) is 2. The number of nitrogens with zero attached hydrogens (tertiary/aromatic N) is 1. The molecule has 0 fully saturated rings. The van der Waals surface area contributed by atoms with E-state index in [0.717, 1.165) is 5.56 Å². The summed E-state index contributed by atoms with van der Waals surface area (Å²) < 4.78 is 11.0. The maximum absolute atomic E-state index is 12.8. The van der Waals surface area contributed by atoms with Gasteiger partial charge in [0.1, 0.15) is 5.56 Å².